The van der Waals surface area contributed by atoms with E-state index in [1.807, 2.05) is 61.5 Å². The van der Waals surface area contributed by atoms with Crippen molar-refractivity contribution in [3.8, 4) is 11.1 Å². The molecule has 0 saturated carbocycles. The zero-order valence-corrected chi connectivity index (χ0v) is 15.9. The average molecular weight is 392 g/mol. The van der Waals surface area contributed by atoms with E-state index < -0.39 is 5.97 Å². The lowest BCUT2D eigenvalue weighted by atomic mass is 10.0. The second kappa shape index (κ2) is 7.37. The summed E-state index contributed by atoms with van der Waals surface area (Å²) in [5, 5.41) is 10.3. The lowest BCUT2D eigenvalue weighted by Crippen LogP contribution is -2.13. The Morgan fingerprint density at radius 3 is 2.64 bits per heavy atom. The molecule has 0 saturated heterocycles. The Hall–Kier alpha value is -3.31. The fraction of sp³-hybridized carbons (Fsp3) is 0.0909. The number of nitrogens with zero attached hydrogens (tertiary/aromatic N) is 2. The van der Waals surface area contributed by atoms with E-state index in [9.17, 15) is 9.90 Å². The molecule has 0 fully saturated rings. The van der Waals surface area contributed by atoms with Crippen LogP contribution in [0.15, 0.2) is 67.0 Å². The van der Waals surface area contributed by atoms with Gasteiger partial charge in [-0.25, -0.2) is 14.5 Å². The molecule has 0 amide bonds. The topological polar surface area (TPSA) is 67.1 Å². The summed E-state index contributed by atoms with van der Waals surface area (Å²) in [5.41, 5.74) is 8.21. The van der Waals surface area contributed by atoms with E-state index in [0.717, 1.165) is 22.3 Å². The first-order valence-corrected chi connectivity index (χ1v) is 9.19. The van der Waals surface area contributed by atoms with Crippen molar-refractivity contribution >= 4 is 28.6 Å². The highest BCUT2D eigenvalue weighted by atomic mass is 35.5. The summed E-state index contributed by atoms with van der Waals surface area (Å²) in [6.45, 7) is 2.55. The zero-order valence-electron chi connectivity index (χ0n) is 15.2. The molecule has 4 rings (SSSR count). The van der Waals surface area contributed by atoms with E-state index in [4.69, 9.17) is 11.6 Å². The molecule has 0 aliphatic carbocycles. The maximum atomic E-state index is 11.8. The van der Waals surface area contributed by atoms with Gasteiger partial charge >= 0.3 is 5.97 Å². The summed E-state index contributed by atoms with van der Waals surface area (Å²) in [6.07, 6.45) is 1.60. The largest absolute Gasteiger partial charge is 0.478 e. The Labute approximate surface area is 167 Å². The highest BCUT2D eigenvalue weighted by molar-refractivity contribution is 6.33. The predicted molar refractivity (Wildman–Crippen MR) is 111 cm³/mol. The lowest BCUT2D eigenvalue weighted by Gasteiger charge is -2.11. The second-order valence-corrected chi connectivity index (χ2v) is 7.02. The van der Waals surface area contributed by atoms with Gasteiger partial charge in [-0.3, -0.25) is 0 Å². The first kappa shape index (κ1) is 18.1. The van der Waals surface area contributed by atoms with Crippen LogP contribution in [0.1, 0.15) is 21.5 Å². The van der Waals surface area contributed by atoms with Crippen LogP contribution in [0.4, 0.5) is 0 Å². The minimum Gasteiger partial charge on any atom is -0.478 e. The summed E-state index contributed by atoms with van der Waals surface area (Å²) >= 11 is 6.42. The van der Waals surface area contributed by atoms with Crippen molar-refractivity contribution in [2.45, 2.75) is 13.5 Å². The second-order valence-electron chi connectivity index (χ2n) is 6.62. The third kappa shape index (κ3) is 3.44. The third-order valence-corrected chi connectivity index (χ3v) is 4.93. The molecule has 140 valence electrons. The number of aromatic carboxylic acids is 1. The van der Waals surface area contributed by atoms with Gasteiger partial charge in [-0.2, -0.15) is 0 Å². The summed E-state index contributed by atoms with van der Waals surface area (Å²) in [5.74, 6) is -1.02. The Balaban J connectivity index is 1.80. The summed E-state index contributed by atoms with van der Waals surface area (Å²) in [7, 11) is 0. The standard InChI is InChI=1S/C22H18ClN3O2/c1-14-7-8-17(19(23)9-14)16-10-18(22(27)28)21-20(11-16)26(13-24-21)25-12-15-5-3-2-4-6-15/h2-11,13,25H,12H2,1H3,(H,27,28). The molecular weight excluding hydrogens is 374 g/mol. The molecule has 28 heavy (non-hydrogen) atoms. The van der Waals surface area contributed by atoms with Gasteiger partial charge in [-0.1, -0.05) is 54.1 Å². The highest BCUT2D eigenvalue weighted by Gasteiger charge is 2.17. The number of carboxylic acids is 1. The molecule has 0 unspecified atom stereocenters. The Morgan fingerprint density at radius 1 is 1.14 bits per heavy atom. The molecule has 5 nitrogen and oxygen atoms in total. The molecule has 3 aromatic carbocycles. The van der Waals surface area contributed by atoms with E-state index in [2.05, 4.69) is 10.4 Å². The number of rotatable bonds is 5. The van der Waals surface area contributed by atoms with E-state index in [1.54, 1.807) is 17.1 Å². The third-order valence-electron chi connectivity index (χ3n) is 4.61. The van der Waals surface area contributed by atoms with Gasteiger partial charge in [0.25, 0.3) is 0 Å². The molecule has 0 aliphatic rings. The van der Waals surface area contributed by atoms with Crippen molar-refractivity contribution in [1.29, 1.82) is 0 Å². The predicted octanol–water partition coefficient (Wildman–Crippen LogP) is 5.11. The molecule has 0 spiro atoms. The van der Waals surface area contributed by atoms with E-state index in [-0.39, 0.29) is 5.56 Å². The lowest BCUT2D eigenvalue weighted by molar-refractivity contribution is 0.0699. The Morgan fingerprint density at radius 2 is 1.93 bits per heavy atom. The van der Waals surface area contributed by atoms with Gasteiger partial charge < -0.3 is 10.5 Å². The van der Waals surface area contributed by atoms with Crippen LogP contribution in [0.2, 0.25) is 5.02 Å². The Bertz CT molecular complexity index is 1170. The number of halogens is 1. The number of hydrogen-bond acceptors (Lipinski definition) is 3. The van der Waals surface area contributed by atoms with Gasteiger partial charge in [0.05, 0.1) is 17.6 Å². The van der Waals surface area contributed by atoms with E-state index in [1.165, 1.54) is 0 Å². The minimum absolute atomic E-state index is 0.143. The smallest absolute Gasteiger partial charge is 0.338 e. The molecule has 0 radical (unpaired) electrons. The number of nitrogens with one attached hydrogen (secondary N) is 1. The quantitative estimate of drug-likeness (QED) is 0.496. The van der Waals surface area contributed by atoms with Crippen LogP contribution in [0.25, 0.3) is 22.2 Å². The zero-order chi connectivity index (χ0) is 19.7. The van der Waals surface area contributed by atoms with E-state index in [0.29, 0.717) is 22.6 Å². The van der Waals surface area contributed by atoms with Crippen LogP contribution in [-0.4, -0.2) is 20.7 Å². The maximum Gasteiger partial charge on any atom is 0.338 e. The normalized spacial score (nSPS) is 10.9. The molecule has 0 atom stereocenters. The number of hydrogen-bond donors (Lipinski definition) is 2. The maximum absolute atomic E-state index is 11.8. The molecule has 0 aliphatic heterocycles. The number of aromatic nitrogens is 2. The van der Waals surface area contributed by atoms with Gasteiger partial charge in [0, 0.05) is 10.6 Å². The van der Waals surface area contributed by atoms with Crippen molar-refractivity contribution in [2.75, 3.05) is 5.43 Å². The van der Waals surface area contributed by atoms with Crippen molar-refractivity contribution in [3.05, 3.63) is 88.7 Å². The van der Waals surface area contributed by atoms with Gasteiger partial charge in [0.2, 0.25) is 0 Å². The molecule has 1 heterocycles. The number of fused-ring (bicyclic) bond motifs is 1. The van der Waals surface area contributed by atoms with Crippen LogP contribution in [0.5, 0.6) is 0 Å². The molecular formula is C22H18ClN3O2. The first-order valence-electron chi connectivity index (χ1n) is 8.81. The highest BCUT2D eigenvalue weighted by Crippen LogP contribution is 2.32. The average Bonchev–Trinajstić information content (AvgIpc) is 3.09. The molecule has 2 N–H and O–H groups in total. The number of carboxylic acid groups (broad SMARTS) is 1. The van der Waals surface area contributed by atoms with Crippen LogP contribution < -0.4 is 5.43 Å². The van der Waals surface area contributed by atoms with Crippen molar-refractivity contribution < 1.29 is 9.90 Å². The van der Waals surface area contributed by atoms with Gasteiger partial charge in [0.15, 0.2) is 0 Å². The van der Waals surface area contributed by atoms with Gasteiger partial charge in [-0.15, -0.1) is 0 Å². The van der Waals surface area contributed by atoms with Crippen LogP contribution in [0.3, 0.4) is 0 Å². The monoisotopic (exact) mass is 391 g/mol. The van der Waals surface area contributed by atoms with Crippen molar-refractivity contribution in [1.82, 2.24) is 9.66 Å². The molecule has 0 bridgehead atoms. The summed E-state index contributed by atoms with van der Waals surface area (Å²) < 4.78 is 1.75. The van der Waals surface area contributed by atoms with E-state index >= 15 is 0 Å². The summed E-state index contributed by atoms with van der Waals surface area (Å²) in [6, 6.07) is 19.2. The Kier molecular flexibility index (Phi) is 4.75. The van der Waals surface area contributed by atoms with Crippen molar-refractivity contribution in [3.63, 3.8) is 0 Å². The molecule has 4 aromatic rings. The number of imidazole rings is 1. The summed E-state index contributed by atoms with van der Waals surface area (Å²) in [4.78, 5) is 16.1. The van der Waals surface area contributed by atoms with Gasteiger partial charge in [0.1, 0.15) is 11.8 Å². The fourth-order valence-electron chi connectivity index (χ4n) is 3.19. The first-order chi connectivity index (χ1) is 13.5. The SMILES string of the molecule is Cc1ccc(-c2cc(C(=O)O)c3ncn(NCc4ccccc4)c3c2)c(Cl)c1. The molecule has 1 aromatic heterocycles. The van der Waals surface area contributed by atoms with Crippen molar-refractivity contribution in [2.24, 2.45) is 0 Å². The van der Waals surface area contributed by atoms with Crippen LogP contribution >= 0.6 is 11.6 Å². The van der Waals surface area contributed by atoms with Crippen LogP contribution in [0, 0.1) is 6.92 Å². The number of benzene rings is 3. The number of aryl methyl sites for hydroxylation is 1. The fourth-order valence-corrected chi connectivity index (χ4v) is 3.53. The number of carbonyl (C=O) groups is 1. The minimum atomic E-state index is -1.02. The molecule has 6 heteroatoms. The van der Waals surface area contributed by atoms with Crippen LogP contribution in [-0.2, 0) is 6.54 Å². The van der Waals surface area contributed by atoms with Gasteiger partial charge in [-0.05, 0) is 41.8 Å².